The summed E-state index contributed by atoms with van der Waals surface area (Å²) in [5, 5.41) is 1.56. The molecule has 12 heavy (non-hydrogen) atoms. The highest BCUT2D eigenvalue weighted by Crippen LogP contribution is 2.24. The number of nitrogens with one attached hydrogen (secondary N) is 1. The third kappa shape index (κ3) is 1.84. The molecule has 1 N–H and O–H groups in total. The number of hydrogen-bond acceptors (Lipinski definition) is 2. The summed E-state index contributed by atoms with van der Waals surface area (Å²) < 4.78 is 35.6. The van der Waals surface area contributed by atoms with E-state index in [0.717, 1.165) is 0 Å². The van der Waals surface area contributed by atoms with Crippen LogP contribution in [0, 0.1) is 0 Å². The van der Waals surface area contributed by atoms with Crippen LogP contribution in [0.25, 0.3) is 0 Å². The highest BCUT2D eigenvalue weighted by Gasteiger charge is 2.37. The summed E-state index contributed by atoms with van der Waals surface area (Å²) in [4.78, 5) is 21.0. The monoisotopic (exact) mass is 179 g/mol. The SMILES string of the molecule is O=C1C=C(C(F)(F)F)NC(=O)C1. The predicted octanol–water partition coefficient (Wildman–Crippen LogP) is 0.522. The molecule has 0 saturated carbocycles. The summed E-state index contributed by atoms with van der Waals surface area (Å²) in [6, 6.07) is 0. The third-order valence-electron chi connectivity index (χ3n) is 1.22. The highest BCUT2D eigenvalue weighted by atomic mass is 19.4. The van der Waals surface area contributed by atoms with Crippen LogP contribution in [0.3, 0.4) is 0 Å². The van der Waals surface area contributed by atoms with Gasteiger partial charge in [0.15, 0.2) is 5.78 Å². The first kappa shape index (κ1) is 8.76. The Balaban J connectivity index is 2.92. The van der Waals surface area contributed by atoms with Crippen molar-refractivity contribution >= 4 is 11.7 Å². The van der Waals surface area contributed by atoms with Crippen LogP contribution in [0.15, 0.2) is 11.8 Å². The first-order valence-electron chi connectivity index (χ1n) is 3.01. The Morgan fingerprint density at radius 1 is 1.33 bits per heavy atom. The summed E-state index contributed by atoms with van der Waals surface area (Å²) in [6.07, 6.45) is -4.79. The lowest BCUT2D eigenvalue weighted by molar-refractivity contribution is -0.133. The maximum Gasteiger partial charge on any atom is 0.431 e. The van der Waals surface area contributed by atoms with Gasteiger partial charge in [-0.25, -0.2) is 0 Å². The predicted molar refractivity (Wildman–Crippen MR) is 31.9 cm³/mol. The summed E-state index contributed by atoms with van der Waals surface area (Å²) in [6.45, 7) is 0. The molecule has 1 amide bonds. The summed E-state index contributed by atoms with van der Waals surface area (Å²) in [5.74, 6) is -1.75. The lowest BCUT2D eigenvalue weighted by Crippen LogP contribution is -2.36. The van der Waals surface area contributed by atoms with Crippen molar-refractivity contribution in [2.75, 3.05) is 0 Å². The second-order valence-electron chi connectivity index (χ2n) is 2.25. The largest absolute Gasteiger partial charge is 0.431 e. The normalized spacial score (nSPS) is 18.8. The zero-order valence-electron chi connectivity index (χ0n) is 5.73. The number of halogens is 3. The quantitative estimate of drug-likeness (QED) is 0.551. The molecular weight excluding hydrogens is 175 g/mol. The molecule has 1 rings (SSSR count). The average molecular weight is 179 g/mol. The van der Waals surface area contributed by atoms with E-state index in [1.54, 1.807) is 5.32 Å². The minimum absolute atomic E-state index is 0.390. The van der Waals surface area contributed by atoms with Crippen LogP contribution in [0.5, 0.6) is 0 Å². The van der Waals surface area contributed by atoms with Crippen molar-refractivity contribution < 1.29 is 22.8 Å². The summed E-state index contributed by atoms with van der Waals surface area (Å²) in [5.41, 5.74) is -1.29. The van der Waals surface area contributed by atoms with Crippen LogP contribution in [0.1, 0.15) is 6.42 Å². The number of hydrogen-bond donors (Lipinski definition) is 1. The topological polar surface area (TPSA) is 46.2 Å². The number of amides is 1. The number of allylic oxidation sites excluding steroid dienone is 2. The van der Waals surface area contributed by atoms with Crippen LogP contribution in [0.2, 0.25) is 0 Å². The Morgan fingerprint density at radius 2 is 1.92 bits per heavy atom. The molecular formula is C6H4F3NO2. The molecule has 1 aliphatic rings. The third-order valence-corrected chi connectivity index (χ3v) is 1.22. The number of ketones is 1. The fraction of sp³-hybridized carbons (Fsp3) is 0.333. The van der Waals surface area contributed by atoms with E-state index >= 15 is 0 Å². The van der Waals surface area contributed by atoms with E-state index in [0.29, 0.717) is 6.08 Å². The second-order valence-corrected chi connectivity index (χ2v) is 2.25. The molecule has 0 spiro atoms. The van der Waals surface area contributed by atoms with Crippen LogP contribution in [-0.2, 0) is 9.59 Å². The van der Waals surface area contributed by atoms with Crippen molar-refractivity contribution in [2.45, 2.75) is 12.6 Å². The molecule has 66 valence electrons. The van der Waals surface area contributed by atoms with Gasteiger partial charge in [-0.3, -0.25) is 9.59 Å². The van der Waals surface area contributed by atoms with Gasteiger partial charge in [0, 0.05) is 6.08 Å². The molecule has 0 unspecified atom stereocenters. The molecule has 0 aromatic carbocycles. The van der Waals surface area contributed by atoms with Crippen LogP contribution in [-0.4, -0.2) is 17.9 Å². The smallest absolute Gasteiger partial charge is 0.321 e. The van der Waals surface area contributed by atoms with Gasteiger partial charge in [-0.1, -0.05) is 0 Å². The highest BCUT2D eigenvalue weighted by molar-refractivity contribution is 6.07. The minimum Gasteiger partial charge on any atom is -0.321 e. The molecule has 0 fully saturated rings. The van der Waals surface area contributed by atoms with Crippen molar-refractivity contribution in [1.82, 2.24) is 5.32 Å². The molecule has 1 aliphatic heterocycles. The molecule has 0 radical (unpaired) electrons. The molecule has 6 heteroatoms. The van der Waals surface area contributed by atoms with Crippen LogP contribution in [0.4, 0.5) is 13.2 Å². The zero-order valence-corrected chi connectivity index (χ0v) is 5.73. The van der Waals surface area contributed by atoms with Crippen molar-refractivity contribution in [2.24, 2.45) is 0 Å². The van der Waals surface area contributed by atoms with Crippen LogP contribution < -0.4 is 5.32 Å². The first-order chi connectivity index (χ1) is 5.39. The van der Waals surface area contributed by atoms with Crippen molar-refractivity contribution in [1.29, 1.82) is 0 Å². The second kappa shape index (κ2) is 2.62. The van der Waals surface area contributed by atoms with Gasteiger partial charge < -0.3 is 5.32 Å². The number of carbonyl (C=O) groups excluding carboxylic acids is 2. The Labute approximate surface area is 65.2 Å². The molecule has 0 aromatic heterocycles. The van der Waals surface area contributed by atoms with Gasteiger partial charge >= 0.3 is 6.18 Å². The Morgan fingerprint density at radius 3 is 2.33 bits per heavy atom. The van der Waals surface area contributed by atoms with E-state index in [1.165, 1.54) is 0 Å². The minimum atomic E-state index is -4.66. The fourth-order valence-electron chi connectivity index (χ4n) is 0.753. The van der Waals surface area contributed by atoms with Gasteiger partial charge in [0.05, 0.1) is 6.42 Å². The van der Waals surface area contributed by atoms with Crippen molar-refractivity contribution in [3.8, 4) is 0 Å². The van der Waals surface area contributed by atoms with E-state index in [4.69, 9.17) is 0 Å². The summed E-state index contributed by atoms with van der Waals surface area (Å²) >= 11 is 0. The maximum absolute atomic E-state index is 11.9. The number of carbonyl (C=O) groups is 2. The molecule has 0 saturated heterocycles. The van der Waals surface area contributed by atoms with Gasteiger partial charge in [-0.15, -0.1) is 0 Å². The zero-order chi connectivity index (χ0) is 9.35. The van der Waals surface area contributed by atoms with E-state index in [9.17, 15) is 22.8 Å². The molecule has 0 aromatic rings. The molecule has 0 atom stereocenters. The van der Waals surface area contributed by atoms with Gasteiger partial charge in [0.1, 0.15) is 5.70 Å². The molecule has 3 nitrogen and oxygen atoms in total. The van der Waals surface area contributed by atoms with E-state index in [1.807, 2.05) is 0 Å². The van der Waals surface area contributed by atoms with Gasteiger partial charge in [0.2, 0.25) is 5.91 Å². The lowest BCUT2D eigenvalue weighted by Gasteiger charge is -2.15. The molecule has 0 bridgehead atoms. The Hall–Kier alpha value is -1.33. The van der Waals surface area contributed by atoms with Crippen LogP contribution >= 0.6 is 0 Å². The molecule has 0 aliphatic carbocycles. The standard InChI is InChI=1S/C6H4F3NO2/c7-6(8,9)4-1-3(11)2-5(12)10-4/h1H,2H2,(H,10,12). The van der Waals surface area contributed by atoms with E-state index in [-0.39, 0.29) is 0 Å². The summed E-state index contributed by atoms with van der Waals surface area (Å²) in [7, 11) is 0. The van der Waals surface area contributed by atoms with Gasteiger partial charge in [-0.05, 0) is 0 Å². The number of rotatable bonds is 0. The van der Waals surface area contributed by atoms with E-state index < -0.39 is 30.0 Å². The Bertz CT molecular complexity index is 266. The average Bonchev–Trinajstić information content (AvgIpc) is 1.82. The van der Waals surface area contributed by atoms with Gasteiger partial charge in [0.25, 0.3) is 0 Å². The Kier molecular flexibility index (Phi) is 1.91. The maximum atomic E-state index is 11.9. The number of alkyl halides is 3. The fourth-order valence-corrected chi connectivity index (χ4v) is 0.753. The van der Waals surface area contributed by atoms with E-state index in [2.05, 4.69) is 0 Å². The molecule has 1 heterocycles. The lowest BCUT2D eigenvalue weighted by atomic mass is 10.1. The van der Waals surface area contributed by atoms with Crippen molar-refractivity contribution in [3.05, 3.63) is 11.8 Å². The van der Waals surface area contributed by atoms with Crippen molar-refractivity contribution in [3.63, 3.8) is 0 Å². The first-order valence-corrected chi connectivity index (χ1v) is 3.01. The van der Waals surface area contributed by atoms with Gasteiger partial charge in [-0.2, -0.15) is 13.2 Å².